The van der Waals surface area contributed by atoms with E-state index >= 15 is 0 Å². The highest BCUT2D eigenvalue weighted by molar-refractivity contribution is 6.33. The van der Waals surface area contributed by atoms with E-state index in [1.165, 1.54) is 12.1 Å². The number of H-pyrrole nitrogens is 1. The third-order valence-corrected chi connectivity index (χ3v) is 6.18. The van der Waals surface area contributed by atoms with Crippen LogP contribution < -0.4 is 10.2 Å². The summed E-state index contributed by atoms with van der Waals surface area (Å²) in [6.07, 6.45) is 3.35. The molecule has 33 heavy (non-hydrogen) atoms. The third-order valence-electron chi connectivity index (χ3n) is 5.90. The van der Waals surface area contributed by atoms with Gasteiger partial charge in [-0.05, 0) is 36.4 Å². The average Bonchev–Trinajstić information content (AvgIpc) is 3.24. The van der Waals surface area contributed by atoms with E-state index in [4.69, 9.17) is 16.7 Å². The largest absolute Gasteiger partial charge is 0.395 e. The van der Waals surface area contributed by atoms with E-state index < -0.39 is 0 Å². The molecule has 2 aromatic carbocycles. The molecule has 1 saturated heterocycles. The van der Waals surface area contributed by atoms with Gasteiger partial charge < -0.3 is 20.3 Å². The number of nitrogens with zero attached hydrogens (tertiary/aromatic N) is 4. The number of fused-ring (bicyclic) bond motifs is 1. The van der Waals surface area contributed by atoms with Crippen LogP contribution in [0.4, 0.5) is 21.7 Å². The Morgan fingerprint density at radius 1 is 1.12 bits per heavy atom. The van der Waals surface area contributed by atoms with Gasteiger partial charge in [0.1, 0.15) is 5.82 Å². The molecule has 0 amide bonds. The van der Waals surface area contributed by atoms with Crippen molar-refractivity contribution in [3.05, 3.63) is 65.7 Å². The van der Waals surface area contributed by atoms with Crippen LogP contribution in [0.25, 0.3) is 22.2 Å². The summed E-state index contributed by atoms with van der Waals surface area (Å²) in [6, 6.07) is 12.7. The second kappa shape index (κ2) is 9.35. The molecule has 0 spiro atoms. The van der Waals surface area contributed by atoms with Crippen molar-refractivity contribution in [2.75, 3.05) is 49.5 Å². The van der Waals surface area contributed by atoms with Crippen molar-refractivity contribution in [1.82, 2.24) is 19.9 Å². The molecule has 4 aromatic rings. The van der Waals surface area contributed by atoms with Gasteiger partial charge in [0.15, 0.2) is 0 Å². The van der Waals surface area contributed by atoms with Crippen LogP contribution in [0.1, 0.15) is 0 Å². The van der Waals surface area contributed by atoms with E-state index in [1.54, 1.807) is 18.5 Å². The molecule has 3 heterocycles. The van der Waals surface area contributed by atoms with Crippen LogP contribution in [0.3, 0.4) is 0 Å². The van der Waals surface area contributed by atoms with Gasteiger partial charge in [-0.2, -0.15) is 0 Å². The van der Waals surface area contributed by atoms with Gasteiger partial charge >= 0.3 is 0 Å². The third kappa shape index (κ3) is 4.64. The molecule has 0 bridgehead atoms. The predicted molar refractivity (Wildman–Crippen MR) is 130 cm³/mol. The molecule has 170 valence electrons. The Kier molecular flexibility index (Phi) is 6.13. The van der Waals surface area contributed by atoms with Crippen LogP contribution in [0.15, 0.2) is 54.9 Å². The summed E-state index contributed by atoms with van der Waals surface area (Å²) in [4.78, 5) is 16.7. The molecular formula is C24H24ClFN6O. The van der Waals surface area contributed by atoms with Crippen LogP contribution in [0, 0.1) is 5.82 Å². The van der Waals surface area contributed by atoms with E-state index in [0.29, 0.717) is 22.2 Å². The van der Waals surface area contributed by atoms with Gasteiger partial charge in [0.2, 0.25) is 5.95 Å². The Balaban J connectivity index is 1.37. The van der Waals surface area contributed by atoms with E-state index in [2.05, 4.69) is 42.2 Å². The fraction of sp³-hybridized carbons (Fsp3) is 0.250. The number of halogens is 2. The Bertz CT molecular complexity index is 1270. The average molecular weight is 467 g/mol. The lowest BCUT2D eigenvalue weighted by atomic mass is 10.1. The van der Waals surface area contributed by atoms with Crippen molar-refractivity contribution in [3.8, 4) is 11.3 Å². The number of aromatic amines is 1. The number of anilines is 3. The van der Waals surface area contributed by atoms with Gasteiger partial charge in [0.05, 0.1) is 23.5 Å². The number of hydrogen-bond acceptors (Lipinski definition) is 6. The smallest absolute Gasteiger partial charge is 0.227 e. The molecule has 1 aliphatic heterocycles. The lowest BCUT2D eigenvalue weighted by Gasteiger charge is -2.35. The maximum absolute atomic E-state index is 13.6. The molecule has 9 heteroatoms. The number of hydrogen-bond donors (Lipinski definition) is 3. The first kappa shape index (κ1) is 21.6. The first-order valence-corrected chi connectivity index (χ1v) is 11.2. The number of benzene rings is 2. The van der Waals surface area contributed by atoms with Gasteiger partial charge in [-0.15, -0.1) is 0 Å². The van der Waals surface area contributed by atoms with Crippen LogP contribution in [-0.4, -0.2) is 64.3 Å². The number of aliphatic hydroxyl groups is 1. The number of β-amino-alcohol motifs (C(OH)–C–C–N with tert-alkyl or cyclic N) is 1. The zero-order valence-electron chi connectivity index (χ0n) is 17.9. The second-order valence-corrected chi connectivity index (χ2v) is 8.42. The summed E-state index contributed by atoms with van der Waals surface area (Å²) in [5.74, 6) is 0.123. The summed E-state index contributed by atoms with van der Waals surface area (Å²) in [7, 11) is 0. The van der Waals surface area contributed by atoms with Gasteiger partial charge in [-0.1, -0.05) is 17.7 Å². The van der Waals surface area contributed by atoms with Gasteiger partial charge in [0.25, 0.3) is 0 Å². The molecule has 0 aliphatic carbocycles. The highest BCUT2D eigenvalue weighted by Crippen LogP contribution is 2.33. The number of aromatic nitrogens is 3. The lowest BCUT2D eigenvalue weighted by Crippen LogP contribution is -2.47. The topological polar surface area (TPSA) is 80.3 Å². The minimum atomic E-state index is -0.304. The lowest BCUT2D eigenvalue weighted by molar-refractivity contribution is 0.189. The summed E-state index contributed by atoms with van der Waals surface area (Å²) in [5, 5.41) is 13.7. The molecule has 0 atom stereocenters. The standard InChI is InChI=1S/C24H24ClFN6O/c25-21-15-28-24(30-23(21)20-14-27-22-12-16(26)4-5-19(20)22)29-17-2-1-3-18(13-17)32-8-6-31(7-9-32)10-11-33/h1-5,12-15,27,33H,6-11H2,(H,28,29,30). The monoisotopic (exact) mass is 466 g/mol. The molecule has 2 aromatic heterocycles. The molecule has 3 N–H and O–H groups in total. The van der Waals surface area contributed by atoms with Crippen LogP contribution >= 0.6 is 11.6 Å². The SMILES string of the molecule is OCCN1CCN(c2cccc(Nc3ncc(Cl)c(-c4c[nH]c5cc(F)ccc45)n3)c2)CC1. The molecule has 1 aliphatic rings. The molecule has 7 nitrogen and oxygen atoms in total. The Hall–Kier alpha value is -3.20. The molecule has 1 fully saturated rings. The quantitative estimate of drug-likeness (QED) is 0.393. The minimum Gasteiger partial charge on any atom is -0.395 e. The fourth-order valence-electron chi connectivity index (χ4n) is 4.19. The highest BCUT2D eigenvalue weighted by Gasteiger charge is 2.17. The second-order valence-electron chi connectivity index (χ2n) is 8.01. The van der Waals surface area contributed by atoms with Crippen molar-refractivity contribution >= 4 is 39.8 Å². The molecule has 0 saturated carbocycles. The van der Waals surface area contributed by atoms with E-state index in [-0.39, 0.29) is 12.4 Å². The first-order chi connectivity index (χ1) is 16.1. The van der Waals surface area contributed by atoms with Gasteiger partial charge in [-0.3, -0.25) is 4.90 Å². The fourth-order valence-corrected chi connectivity index (χ4v) is 4.38. The maximum Gasteiger partial charge on any atom is 0.227 e. The van der Waals surface area contributed by atoms with Crippen LogP contribution in [-0.2, 0) is 0 Å². The van der Waals surface area contributed by atoms with Crippen LogP contribution in [0.5, 0.6) is 0 Å². The summed E-state index contributed by atoms with van der Waals surface area (Å²) >= 11 is 6.42. The van der Waals surface area contributed by atoms with Crippen molar-refractivity contribution in [2.24, 2.45) is 0 Å². The summed E-state index contributed by atoms with van der Waals surface area (Å²) in [6.45, 7) is 4.58. The predicted octanol–water partition coefficient (Wildman–Crippen LogP) is 4.28. The first-order valence-electron chi connectivity index (χ1n) is 10.9. The number of piperazine rings is 1. The zero-order valence-corrected chi connectivity index (χ0v) is 18.7. The molecule has 0 unspecified atom stereocenters. The van der Waals surface area contributed by atoms with Gasteiger partial charge in [0, 0.05) is 66.8 Å². The van der Waals surface area contributed by atoms with Crippen molar-refractivity contribution in [3.63, 3.8) is 0 Å². The van der Waals surface area contributed by atoms with Crippen molar-refractivity contribution in [1.29, 1.82) is 0 Å². The van der Waals surface area contributed by atoms with Crippen molar-refractivity contribution < 1.29 is 9.50 Å². The minimum absolute atomic E-state index is 0.192. The Labute approximate surface area is 195 Å². The zero-order chi connectivity index (χ0) is 22.8. The van der Waals surface area contributed by atoms with Crippen molar-refractivity contribution in [2.45, 2.75) is 0 Å². The normalized spacial score (nSPS) is 14.7. The van der Waals surface area contributed by atoms with E-state index in [1.807, 2.05) is 12.1 Å². The highest BCUT2D eigenvalue weighted by atomic mass is 35.5. The summed E-state index contributed by atoms with van der Waals surface area (Å²) in [5.41, 5.74) is 4.04. The van der Waals surface area contributed by atoms with E-state index in [0.717, 1.165) is 55.0 Å². The van der Waals surface area contributed by atoms with E-state index in [9.17, 15) is 4.39 Å². The Morgan fingerprint density at radius 3 is 2.79 bits per heavy atom. The number of aliphatic hydroxyl groups excluding tert-OH is 1. The summed E-state index contributed by atoms with van der Waals surface area (Å²) < 4.78 is 13.6. The molecule has 0 radical (unpaired) electrons. The maximum atomic E-state index is 13.6. The van der Waals surface area contributed by atoms with Gasteiger partial charge in [-0.25, -0.2) is 14.4 Å². The molecule has 5 rings (SSSR count). The number of rotatable bonds is 6. The Morgan fingerprint density at radius 2 is 1.97 bits per heavy atom. The molecular weight excluding hydrogens is 443 g/mol. The van der Waals surface area contributed by atoms with Crippen LogP contribution in [0.2, 0.25) is 5.02 Å². The number of nitrogens with one attached hydrogen (secondary N) is 2.